The van der Waals surface area contributed by atoms with Gasteiger partial charge in [0.25, 0.3) is 0 Å². The predicted molar refractivity (Wildman–Crippen MR) is 164 cm³/mol. The lowest BCUT2D eigenvalue weighted by atomic mass is 9.93. The molecule has 4 rings (SSSR count). The van der Waals surface area contributed by atoms with Crippen LogP contribution < -0.4 is 0 Å². The molecule has 0 aliphatic heterocycles. The highest BCUT2D eigenvalue weighted by Crippen LogP contribution is 2.23. The van der Waals surface area contributed by atoms with Gasteiger partial charge < -0.3 is 4.74 Å². The van der Waals surface area contributed by atoms with Crippen LogP contribution in [0.4, 0.5) is 0 Å². The van der Waals surface area contributed by atoms with Crippen LogP contribution in [-0.4, -0.2) is 7.11 Å². The summed E-state index contributed by atoms with van der Waals surface area (Å²) in [4.78, 5) is 0. The maximum atomic E-state index is 5.13. The summed E-state index contributed by atoms with van der Waals surface area (Å²) in [7, 11) is 1.74. The van der Waals surface area contributed by atoms with Crippen molar-refractivity contribution in [2.24, 2.45) is 0 Å². The number of ether oxygens (including phenoxy) is 1. The molecule has 0 fully saturated rings. The molecular weight excluding hydrogens is 448 g/mol. The highest BCUT2D eigenvalue weighted by atomic mass is 16.5. The summed E-state index contributed by atoms with van der Waals surface area (Å²) >= 11 is 0. The van der Waals surface area contributed by atoms with Crippen LogP contribution >= 0.6 is 0 Å². The van der Waals surface area contributed by atoms with Crippen molar-refractivity contribution in [3.8, 4) is 0 Å². The third kappa shape index (κ3) is 12.6. The van der Waals surface area contributed by atoms with Gasteiger partial charge in [0.1, 0.15) is 0 Å². The van der Waals surface area contributed by atoms with E-state index in [1.807, 2.05) is 13.8 Å². The Kier molecular flexibility index (Phi) is 17.3. The van der Waals surface area contributed by atoms with Gasteiger partial charge in [0.15, 0.2) is 0 Å². The van der Waals surface area contributed by atoms with Crippen molar-refractivity contribution < 1.29 is 4.74 Å². The minimum absolute atomic E-state index is 0.484. The van der Waals surface area contributed by atoms with E-state index in [0.29, 0.717) is 11.8 Å². The van der Waals surface area contributed by atoms with Crippen molar-refractivity contribution in [3.63, 3.8) is 0 Å². The Morgan fingerprint density at radius 1 is 0.649 bits per heavy atom. The first-order valence-electron chi connectivity index (χ1n) is 14.2. The van der Waals surface area contributed by atoms with E-state index in [2.05, 4.69) is 131 Å². The van der Waals surface area contributed by atoms with Crippen molar-refractivity contribution in [1.29, 1.82) is 0 Å². The average molecular weight is 499 g/mol. The molecule has 3 aromatic rings. The fourth-order valence-corrected chi connectivity index (χ4v) is 4.05. The number of benzene rings is 3. The number of allylic oxidation sites excluding steroid dienone is 4. The van der Waals surface area contributed by atoms with Gasteiger partial charge in [0, 0.05) is 12.3 Å². The second-order valence-electron chi connectivity index (χ2n) is 9.18. The standard InChI is InChI=1S/C14H14.C10H16O.C10H14.C2H6/c1-12(13-8-4-2-5-9-13)14-10-6-3-7-11-14;1-3-4-9-5-7-10(11-2)8-6-9;1-3-9(2)10-7-5-4-6-8-10;1-2/h2-12H,1H3;5,7H,3-4,6,8H2,1-2H3;4-9H,3H2,1-2H3;1-2H3. The van der Waals surface area contributed by atoms with E-state index in [-0.39, 0.29) is 0 Å². The molecule has 0 saturated heterocycles. The number of methoxy groups -OCH3 is 1. The zero-order chi connectivity index (χ0) is 27.3. The minimum Gasteiger partial charge on any atom is -0.501 e. The normalized spacial score (nSPS) is 12.8. The molecule has 3 aromatic carbocycles. The van der Waals surface area contributed by atoms with Gasteiger partial charge in [-0.25, -0.2) is 0 Å². The fraction of sp³-hybridized carbons (Fsp3) is 0.389. The van der Waals surface area contributed by atoms with Crippen LogP contribution in [0, 0.1) is 0 Å². The van der Waals surface area contributed by atoms with Crippen molar-refractivity contribution in [2.75, 3.05) is 7.11 Å². The second-order valence-corrected chi connectivity index (χ2v) is 9.18. The van der Waals surface area contributed by atoms with Gasteiger partial charge in [-0.2, -0.15) is 0 Å². The van der Waals surface area contributed by atoms with Crippen LogP contribution in [0.1, 0.15) is 102 Å². The van der Waals surface area contributed by atoms with Gasteiger partial charge >= 0.3 is 0 Å². The summed E-state index contributed by atoms with van der Waals surface area (Å²) in [6, 6.07) is 31.8. The van der Waals surface area contributed by atoms with E-state index in [1.54, 1.807) is 12.7 Å². The van der Waals surface area contributed by atoms with Crippen molar-refractivity contribution in [3.05, 3.63) is 131 Å². The molecule has 0 bridgehead atoms. The van der Waals surface area contributed by atoms with Crippen LogP contribution in [0.25, 0.3) is 0 Å². The summed E-state index contributed by atoms with van der Waals surface area (Å²) in [5.74, 6) is 2.31. The largest absolute Gasteiger partial charge is 0.501 e. The van der Waals surface area contributed by atoms with E-state index in [1.165, 1.54) is 42.4 Å². The number of hydrogen-bond donors (Lipinski definition) is 0. The van der Waals surface area contributed by atoms with Gasteiger partial charge in [-0.15, -0.1) is 0 Å². The average Bonchev–Trinajstić information content (AvgIpc) is 3.00. The Labute approximate surface area is 228 Å². The Morgan fingerprint density at radius 2 is 1.11 bits per heavy atom. The van der Waals surface area contributed by atoms with Crippen LogP contribution in [0.15, 0.2) is 114 Å². The molecule has 0 aromatic heterocycles. The first-order chi connectivity index (χ1) is 18.1. The third-order valence-corrected chi connectivity index (χ3v) is 6.61. The molecule has 0 spiro atoms. The lowest BCUT2D eigenvalue weighted by molar-refractivity contribution is 0.275. The predicted octanol–water partition coefficient (Wildman–Crippen LogP) is 11.1. The van der Waals surface area contributed by atoms with E-state index < -0.39 is 0 Å². The second kappa shape index (κ2) is 20.0. The molecular formula is C36H50O. The van der Waals surface area contributed by atoms with E-state index >= 15 is 0 Å². The molecule has 0 amide bonds. The van der Waals surface area contributed by atoms with Crippen LogP contribution in [0.2, 0.25) is 0 Å². The first-order valence-corrected chi connectivity index (χ1v) is 14.2. The molecule has 0 N–H and O–H groups in total. The Bertz CT molecular complexity index is 947. The third-order valence-electron chi connectivity index (χ3n) is 6.61. The van der Waals surface area contributed by atoms with Gasteiger partial charge in [0.05, 0.1) is 12.9 Å². The zero-order valence-electron chi connectivity index (χ0n) is 24.4. The lowest BCUT2D eigenvalue weighted by Crippen LogP contribution is -1.94. The van der Waals surface area contributed by atoms with Crippen molar-refractivity contribution >= 4 is 0 Å². The molecule has 1 aliphatic carbocycles. The summed E-state index contributed by atoms with van der Waals surface area (Å²) in [6.07, 6.45) is 10.3. The molecule has 1 aliphatic rings. The van der Waals surface area contributed by atoms with Crippen LogP contribution in [0.3, 0.4) is 0 Å². The molecule has 1 nitrogen and oxygen atoms in total. The molecule has 0 radical (unpaired) electrons. The molecule has 1 atom stereocenters. The lowest BCUT2D eigenvalue weighted by Gasteiger charge is -2.12. The van der Waals surface area contributed by atoms with Crippen LogP contribution in [0.5, 0.6) is 0 Å². The van der Waals surface area contributed by atoms with E-state index in [9.17, 15) is 0 Å². The molecule has 1 unspecified atom stereocenters. The summed E-state index contributed by atoms with van der Waals surface area (Å²) < 4.78 is 5.13. The monoisotopic (exact) mass is 498 g/mol. The topological polar surface area (TPSA) is 9.23 Å². The smallest absolute Gasteiger partial charge is 0.0958 e. The molecule has 0 saturated carbocycles. The van der Waals surface area contributed by atoms with E-state index in [4.69, 9.17) is 4.74 Å². The molecule has 200 valence electrons. The molecule has 37 heavy (non-hydrogen) atoms. The quantitative estimate of drug-likeness (QED) is 0.315. The Morgan fingerprint density at radius 3 is 1.46 bits per heavy atom. The van der Waals surface area contributed by atoms with Gasteiger partial charge in [-0.3, -0.25) is 0 Å². The van der Waals surface area contributed by atoms with Crippen LogP contribution in [-0.2, 0) is 4.74 Å². The zero-order valence-corrected chi connectivity index (χ0v) is 24.4. The van der Waals surface area contributed by atoms with Gasteiger partial charge in [-0.05, 0) is 47.9 Å². The molecule has 1 heteroatoms. The Balaban J connectivity index is 0.000000273. The number of rotatable bonds is 7. The maximum Gasteiger partial charge on any atom is 0.0958 e. The van der Waals surface area contributed by atoms with Gasteiger partial charge in [-0.1, -0.05) is 151 Å². The molecule has 0 heterocycles. The van der Waals surface area contributed by atoms with Crippen molar-refractivity contribution in [1.82, 2.24) is 0 Å². The maximum absolute atomic E-state index is 5.13. The highest BCUT2D eigenvalue weighted by molar-refractivity contribution is 5.31. The minimum atomic E-state index is 0.484. The number of hydrogen-bond acceptors (Lipinski definition) is 1. The van der Waals surface area contributed by atoms with E-state index in [0.717, 1.165) is 12.2 Å². The Hall–Kier alpha value is -3.06. The summed E-state index contributed by atoms with van der Waals surface area (Å²) in [6.45, 7) is 12.9. The van der Waals surface area contributed by atoms with Gasteiger partial charge in [0.2, 0.25) is 0 Å². The fourth-order valence-electron chi connectivity index (χ4n) is 4.05. The SMILES string of the molecule is CC.CC(c1ccccc1)c1ccccc1.CCC(C)c1ccccc1.CCCC1=CC=C(OC)CC1. The summed E-state index contributed by atoms with van der Waals surface area (Å²) in [5.41, 5.74) is 5.76. The van der Waals surface area contributed by atoms with Crippen molar-refractivity contribution in [2.45, 2.75) is 85.5 Å². The first kappa shape index (κ1) is 32.0. The summed E-state index contributed by atoms with van der Waals surface area (Å²) in [5, 5.41) is 0. The highest BCUT2D eigenvalue weighted by Gasteiger charge is 2.06.